The molecule has 0 amide bonds. The molecule has 116 valence electrons. The lowest BCUT2D eigenvalue weighted by atomic mass is 10.2. The van der Waals surface area contributed by atoms with Crippen molar-refractivity contribution in [3.8, 4) is 23.3 Å². The Hall–Kier alpha value is -3.55. The molecule has 0 fully saturated rings. The Labute approximate surface area is 134 Å². The fourth-order valence-electron chi connectivity index (χ4n) is 2.50. The molecule has 0 unspecified atom stereocenters. The molecule has 1 aromatic carbocycles. The summed E-state index contributed by atoms with van der Waals surface area (Å²) in [6.07, 6.45) is 1.68. The Balaban J connectivity index is 1.59. The number of furan rings is 1. The number of para-hydroxylation sites is 1. The first-order valence-electron chi connectivity index (χ1n) is 7.29. The second kappa shape index (κ2) is 4.72. The van der Waals surface area contributed by atoms with E-state index in [1.54, 1.807) is 10.7 Å². The number of benzene rings is 1. The van der Waals surface area contributed by atoms with E-state index >= 15 is 0 Å². The molecule has 0 bridgehead atoms. The first-order chi connectivity index (χ1) is 11.8. The van der Waals surface area contributed by atoms with E-state index < -0.39 is 0 Å². The number of hydrogen-bond acceptors (Lipinski definition) is 7. The van der Waals surface area contributed by atoms with Gasteiger partial charge in [-0.15, -0.1) is 5.10 Å². The Morgan fingerprint density at radius 3 is 2.83 bits per heavy atom. The van der Waals surface area contributed by atoms with Gasteiger partial charge in [0.1, 0.15) is 5.58 Å². The summed E-state index contributed by atoms with van der Waals surface area (Å²) in [6.45, 7) is 1.92. The quantitative estimate of drug-likeness (QED) is 0.494. The number of nitrogens with zero attached hydrogens (tertiary/aromatic N) is 6. The van der Waals surface area contributed by atoms with E-state index in [1.165, 1.54) is 0 Å². The lowest BCUT2D eigenvalue weighted by Gasteiger charge is -1.92. The summed E-state index contributed by atoms with van der Waals surface area (Å²) in [5.74, 6) is 1.91. The maximum Gasteiger partial charge on any atom is 0.298 e. The van der Waals surface area contributed by atoms with E-state index in [9.17, 15) is 0 Å². The van der Waals surface area contributed by atoms with Gasteiger partial charge in [0.05, 0.1) is 0 Å². The summed E-state index contributed by atoms with van der Waals surface area (Å²) < 4.78 is 12.6. The van der Waals surface area contributed by atoms with E-state index in [0.717, 1.165) is 16.7 Å². The topological polar surface area (TPSA) is 95.1 Å². The van der Waals surface area contributed by atoms with Gasteiger partial charge in [0.15, 0.2) is 5.76 Å². The highest BCUT2D eigenvalue weighted by Gasteiger charge is 2.18. The third kappa shape index (κ3) is 1.89. The van der Waals surface area contributed by atoms with Crippen molar-refractivity contribution in [1.82, 2.24) is 29.7 Å². The highest BCUT2D eigenvalue weighted by atomic mass is 16.5. The molecule has 0 aliphatic heterocycles. The summed E-state index contributed by atoms with van der Waals surface area (Å²) in [7, 11) is 0. The number of fused-ring (bicyclic) bond motifs is 2. The number of hydrogen-bond donors (Lipinski definition) is 0. The molecule has 0 saturated heterocycles. The van der Waals surface area contributed by atoms with Crippen molar-refractivity contribution in [3.63, 3.8) is 0 Å². The third-order valence-corrected chi connectivity index (χ3v) is 3.69. The highest BCUT2D eigenvalue weighted by molar-refractivity contribution is 5.81. The predicted molar refractivity (Wildman–Crippen MR) is 84.0 cm³/mol. The average Bonchev–Trinajstić information content (AvgIpc) is 3.31. The van der Waals surface area contributed by atoms with Crippen molar-refractivity contribution in [3.05, 3.63) is 48.3 Å². The molecule has 5 rings (SSSR count). The van der Waals surface area contributed by atoms with Crippen LogP contribution in [-0.2, 0) is 0 Å². The number of aromatic nitrogens is 6. The minimum Gasteiger partial charge on any atom is -0.453 e. The van der Waals surface area contributed by atoms with Gasteiger partial charge in [0.2, 0.25) is 11.6 Å². The molecule has 5 aromatic rings. The molecule has 4 heterocycles. The molecule has 0 aliphatic carbocycles. The maximum absolute atomic E-state index is 5.74. The first kappa shape index (κ1) is 12.9. The lowest BCUT2D eigenvalue weighted by molar-refractivity contribution is 0.427. The Morgan fingerprint density at radius 2 is 1.96 bits per heavy atom. The Bertz CT molecular complexity index is 1150. The van der Waals surface area contributed by atoms with Gasteiger partial charge in [-0.05, 0) is 25.1 Å². The monoisotopic (exact) mass is 318 g/mol. The highest BCUT2D eigenvalue weighted by Crippen LogP contribution is 2.27. The van der Waals surface area contributed by atoms with Crippen LogP contribution in [-0.4, -0.2) is 29.7 Å². The van der Waals surface area contributed by atoms with E-state index in [0.29, 0.717) is 23.2 Å². The zero-order valence-corrected chi connectivity index (χ0v) is 12.5. The summed E-state index contributed by atoms with van der Waals surface area (Å²) >= 11 is 0. The van der Waals surface area contributed by atoms with E-state index in [-0.39, 0.29) is 5.89 Å². The molecule has 0 spiro atoms. The first-order valence-corrected chi connectivity index (χ1v) is 7.29. The maximum atomic E-state index is 5.74. The summed E-state index contributed by atoms with van der Waals surface area (Å²) in [6, 6.07) is 11.4. The molecular formula is C16H10N6O2. The number of rotatable bonds is 2. The smallest absolute Gasteiger partial charge is 0.298 e. The molecule has 8 heteroatoms. The van der Waals surface area contributed by atoms with Gasteiger partial charge in [-0.25, -0.2) is 9.50 Å². The largest absolute Gasteiger partial charge is 0.453 e. The molecule has 4 aromatic heterocycles. The van der Waals surface area contributed by atoms with Gasteiger partial charge >= 0.3 is 0 Å². The summed E-state index contributed by atoms with van der Waals surface area (Å²) in [5, 5.41) is 9.29. The van der Waals surface area contributed by atoms with Gasteiger partial charge in [-0.3, -0.25) is 0 Å². The van der Waals surface area contributed by atoms with Crippen molar-refractivity contribution in [2.75, 3.05) is 0 Å². The van der Waals surface area contributed by atoms with Crippen molar-refractivity contribution in [1.29, 1.82) is 0 Å². The molecule has 0 radical (unpaired) electrons. The van der Waals surface area contributed by atoms with Crippen molar-refractivity contribution in [2.45, 2.75) is 6.92 Å². The normalized spacial score (nSPS) is 11.5. The van der Waals surface area contributed by atoms with Crippen molar-refractivity contribution < 1.29 is 8.94 Å². The molecule has 8 nitrogen and oxygen atoms in total. The fourth-order valence-corrected chi connectivity index (χ4v) is 2.50. The Kier molecular flexibility index (Phi) is 2.55. The standard InChI is InChI=1S/C16H10N6O2/c1-9-6-7-17-16-19-14(20-22(9)16)15-18-13(21-24-15)12-8-10-4-2-3-5-11(10)23-12/h2-8H,1H3. The van der Waals surface area contributed by atoms with Crippen LogP contribution in [0.1, 0.15) is 5.69 Å². The van der Waals surface area contributed by atoms with Crippen LogP contribution in [0.4, 0.5) is 0 Å². The van der Waals surface area contributed by atoms with Crippen molar-refractivity contribution >= 4 is 16.7 Å². The molecular weight excluding hydrogens is 308 g/mol. The van der Waals surface area contributed by atoms with E-state index in [1.807, 2.05) is 43.3 Å². The molecule has 0 saturated carbocycles. The number of aryl methyl sites for hydroxylation is 1. The van der Waals surface area contributed by atoms with Crippen LogP contribution in [0.5, 0.6) is 0 Å². The second-order valence-corrected chi connectivity index (χ2v) is 5.31. The molecule has 0 N–H and O–H groups in total. The minimum atomic E-state index is 0.218. The molecule has 24 heavy (non-hydrogen) atoms. The summed E-state index contributed by atoms with van der Waals surface area (Å²) in [5.41, 5.74) is 1.68. The lowest BCUT2D eigenvalue weighted by Crippen LogP contribution is -1.94. The van der Waals surface area contributed by atoms with Gasteiger partial charge in [0.25, 0.3) is 11.7 Å². The fraction of sp³-hybridized carbons (Fsp3) is 0.0625. The van der Waals surface area contributed by atoms with Crippen LogP contribution in [0.15, 0.2) is 51.5 Å². The summed E-state index contributed by atoms with van der Waals surface area (Å²) in [4.78, 5) is 12.8. The van der Waals surface area contributed by atoms with Gasteiger partial charge < -0.3 is 8.94 Å². The van der Waals surface area contributed by atoms with Crippen LogP contribution >= 0.6 is 0 Å². The minimum absolute atomic E-state index is 0.218. The third-order valence-electron chi connectivity index (χ3n) is 3.69. The zero-order chi connectivity index (χ0) is 16.1. The van der Waals surface area contributed by atoms with Crippen molar-refractivity contribution in [2.24, 2.45) is 0 Å². The zero-order valence-electron chi connectivity index (χ0n) is 12.5. The van der Waals surface area contributed by atoms with Gasteiger partial charge in [0, 0.05) is 17.3 Å². The van der Waals surface area contributed by atoms with Crippen LogP contribution in [0, 0.1) is 6.92 Å². The predicted octanol–water partition coefficient (Wildman–Crippen LogP) is 2.90. The van der Waals surface area contributed by atoms with E-state index in [2.05, 4.69) is 25.2 Å². The second-order valence-electron chi connectivity index (χ2n) is 5.31. The SMILES string of the molecule is Cc1ccnc2nc(-c3nc(-c4cc5ccccc5o4)no3)nn12. The van der Waals surface area contributed by atoms with E-state index in [4.69, 9.17) is 8.94 Å². The van der Waals surface area contributed by atoms with Gasteiger partial charge in [-0.2, -0.15) is 9.97 Å². The molecule has 0 aliphatic rings. The van der Waals surface area contributed by atoms with Gasteiger partial charge in [-0.1, -0.05) is 23.4 Å². The molecule has 0 atom stereocenters. The van der Waals surface area contributed by atoms with Crippen LogP contribution < -0.4 is 0 Å². The Morgan fingerprint density at radius 1 is 1.04 bits per heavy atom. The average molecular weight is 318 g/mol. The van der Waals surface area contributed by atoms with Crippen LogP contribution in [0.25, 0.3) is 40.0 Å². The van der Waals surface area contributed by atoms with Crippen LogP contribution in [0.2, 0.25) is 0 Å². The van der Waals surface area contributed by atoms with Crippen LogP contribution in [0.3, 0.4) is 0 Å².